The van der Waals surface area contributed by atoms with Crippen molar-refractivity contribution < 1.29 is 14.3 Å². The number of nitrogens with one attached hydrogen (secondary N) is 2. The van der Waals surface area contributed by atoms with Crippen LogP contribution in [0.15, 0.2) is 35.3 Å². The lowest BCUT2D eigenvalue weighted by Gasteiger charge is -2.22. The predicted octanol–water partition coefficient (Wildman–Crippen LogP) is 3.63. The van der Waals surface area contributed by atoms with Crippen LogP contribution in [0.4, 0.5) is 0 Å². The summed E-state index contributed by atoms with van der Waals surface area (Å²) in [7, 11) is 1.75. The Balaban J connectivity index is 1.58. The number of hydrogen-bond acceptors (Lipinski definition) is 6. The molecule has 1 aliphatic rings. The summed E-state index contributed by atoms with van der Waals surface area (Å²) in [4.78, 5) is 21.5. The maximum Gasteiger partial charge on any atom is 0.350 e. The van der Waals surface area contributed by atoms with Gasteiger partial charge in [0.25, 0.3) is 0 Å². The van der Waals surface area contributed by atoms with Crippen LogP contribution in [0, 0.1) is 12.8 Å². The molecule has 2 N–H and O–H groups in total. The number of aryl methyl sites for hydroxylation is 1. The molecule has 1 fully saturated rings. The number of benzene rings is 1. The first-order chi connectivity index (χ1) is 14.5. The zero-order chi connectivity index (χ0) is 21.5. The van der Waals surface area contributed by atoms with Gasteiger partial charge in [-0.15, -0.1) is 11.3 Å². The highest BCUT2D eigenvalue weighted by atomic mass is 32.1. The van der Waals surface area contributed by atoms with Gasteiger partial charge in [-0.3, -0.25) is 4.99 Å². The summed E-state index contributed by atoms with van der Waals surface area (Å²) in [5.41, 5.74) is 1.90. The van der Waals surface area contributed by atoms with Crippen LogP contribution in [0.25, 0.3) is 0 Å². The lowest BCUT2D eigenvalue weighted by molar-refractivity contribution is 0.0531. The largest absolute Gasteiger partial charge is 0.462 e. The molecular formula is C22H30N4O3S. The number of carbonyl (C=O) groups is 1. The molecule has 2 heterocycles. The fourth-order valence-electron chi connectivity index (χ4n) is 3.53. The number of carbonyl (C=O) groups excluding carboxylic acids is 1. The van der Waals surface area contributed by atoms with E-state index in [4.69, 9.17) is 9.47 Å². The number of nitrogens with zero attached hydrogens (tertiary/aromatic N) is 2. The molecule has 3 rings (SSSR count). The Morgan fingerprint density at radius 3 is 2.87 bits per heavy atom. The van der Waals surface area contributed by atoms with Gasteiger partial charge in [0.05, 0.1) is 24.4 Å². The molecule has 8 heteroatoms. The summed E-state index contributed by atoms with van der Waals surface area (Å²) in [5.74, 6) is 0.757. The van der Waals surface area contributed by atoms with Gasteiger partial charge in [0.1, 0.15) is 9.88 Å². The summed E-state index contributed by atoms with van der Waals surface area (Å²) in [6, 6.07) is 10.3. The molecule has 7 nitrogen and oxygen atoms in total. The van der Waals surface area contributed by atoms with Gasteiger partial charge in [0.15, 0.2) is 5.96 Å². The molecule has 1 aromatic heterocycles. The first-order valence-electron chi connectivity index (χ1n) is 10.3. The van der Waals surface area contributed by atoms with Crippen molar-refractivity contribution in [1.29, 1.82) is 0 Å². The van der Waals surface area contributed by atoms with Crippen LogP contribution in [0.2, 0.25) is 0 Å². The molecule has 0 aliphatic carbocycles. The lowest BCUT2D eigenvalue weighted by Crippen LogP contribution is -2.41. The van der Waals surface area contributed by atoms with Gasteiger partial charge in [-0.2, -0.15) is 0 Å². The van der Waals surface area contributed by atoms with E-state index >= 15 is 0 Å². The minimum atomic E-state index is -0.318. The van der Waals surface area contributed by atoms with Gasteiger partial charge in [-0.25, -0.2) is 9.78 Å². The normalized spacial score (nSPS) is 20.1. The maximum absolute atomic E-state index is 12.1. The molecule has 0 bridgehead atoms. The second-order valence-electron chi connectivity index (χ2n) is 7.26. The highest BCUT2D eigenvalue weighted by molar-refractivity contribution is 7.13. The molecule has 0 radical (unpaired) electrons. The van der Waals surface area contributed by atoms with Crippen molar-refractivity contribution in [2.75, 3.05) is 26.8 Å². The summed E-state index contributed by atoms with van der Waals surface area (Å²) in [5, 5.41) is 7.61. The third-order valence-corrected chi connectivity index (χ3v) is 6.42. The quantitative estimate of drug-likeness (QED) is 0.396. The van der Waals surface area contributed by atoms with Crippen LogP contribution in [-0.2, 0) is 9.47 Å². The molecule has 2 aromatic rings. The van der Waals surface area contributed by atoms with E-state index < -0.39 is 0 Å². The van der Waals surface area contributed by atoms with E-state index in [2.05, 4.69) is 32.7 Å². The Bertz CT molecular complexity index is 869. The number of rotatable bonds is 7. The van der Waals surface area contributed by atoms with Crippen LogP contribution < -0.4 is 10.6 Å². The lowest BCUT2D eigenvalue weighted by atomic mass is 9.95. The molecule has 0 amide bonds. The number of aromatic nitrogens is 1. The molecule has 3 atom stereocenters. The zero-order valence-corrected chi connectivity index (χ0v) is 18.8. The summed E-state index contributed by atoms with van der Waals surface area (Å²) >= 11 is 1.36. The molecule has 30 heavy (non-hydrogen) atoms. The molecule has 1 aliphatic heterocycles. The maximum atomic E-state index is 12.1. The van der Waals surface area contributed by atoms with Gasteiger partial charge in [0.2, 0.25) is 0 Å². The van der Waals surface area contributed by atoms with Crippen LogP contribution >= 0.6 is 11.3 Å². The van der Waals surface area contributed by atoms with Crippen molar-refractivity contribution in [2.24, 2.45) is 10.9 Å². The van der Waals surface area contributed by atoms with Crippen molar-refractivity contribution in [3.8, 4) is 0 Å². The molecular weight excluding hydrogens is 400 g/mol. The fraction of sp³-hybridized carbons (Fsp3) is 0.500. The summed E-state index contributed by atoms with van der Waals surface area (Å²) in [6.45, 7) is 7.51. The molecule has 162 valence electrons. The summed E-state index contributed by atoms with van der Waals surface area (Å²) in [6.07, 6.45) is 1.11. The minimum absolute atomic E-state index is 0.0900. The number of aliphatic imine (C=N–C) groups is 1. The van der Waals surface area contributed by atoms with E-state index in [0.29, 0.717) is 29.1 Å². The minimum Gasteiger partial charge on any atom is -0.462 e. The number of guanidine groups is 1. The number of thiazole rings is 1. The number of esters is 1. The Kier molecular flexibility index (Phi) is 7.81. The molecule has 1 aromatic carbocycles. The van der Waals surface area contributed by atoms with E-state index in [9.17, 15) is 4.79 Å². The number of hydrogen-bond donors (Lipinski definition) is 2. The molecule has 3 unspecified atom stereocenters. The highest BCUT2D eigenvalue weighted by Crippen LogP contribution is 2.33. The smallest absolute Gasteiger partial charge is 0.350 e. The second kappa shape index (κ2) is 10.5. The zero-order valence-electron chi connectivity index (χ0n) is 18.0. The Labute approximate surface area is 181 Å². The van der Waals surface area contributed by atoms with E-state index in [1.807, 2.05) is 32.0 Å². The van der Waals surface area contributed by atoms with Crippen molar-refractivity contribution in [2.45, 2.75) is 39.3 Å². The Morgan fingerprint density at radius 2 is 2.17 bits per heavy atom. The molecule has 0 saturated carbocycles. The van der Waals surface area contributed by atoms with Crippen LogP contribution in [0.3, 0.4) is 0 Å². The van der Waals surface area contributed by atoms with Gasteiger partial charge < -0.3 is 20.1 Å². The molecule has 1 saturated heterocycles. The van der Waals surface area contributed by atoms with Crippen LogP contribution in [0.1, 0.15) is 58.4 Å². The third kappa shape index (κ3) is 5.37. The van der Waals surface area contributed by atoms with Crippen LogP contribution in [-0.4, -0.2) is 43.7 Å². The van der Waals surface area contributed by atoms with Crippen molar-refractivity contribution in [1.82, 2.24) is 15.6 Å². The highest BCUT2D eigenvalue weighted by Gasteiger charge is 2.29. The number of ether oxygens (including phenoxy) is 2. The van der Waals surface area contributed by atoms with Gasteiger partial charge in [-0.1, -0.05) is 30.3 Å². The van der Waals surface area contributed by atoms with Gasteiger partial charge in [-0.05, 0) is 32.8 Å². The van der Waals surface area contributed by atoms with Gasteiger partial charge >= 0.3 is 5.97 Å². The topological polar surface area (TPSA) is 84.8 Å². The average Bonchev–Trinajstić information content (AvgIpc) is 3.38. The average molecular weight is 431 g/mol. The Morgan fingerprint density at radius 1 is 1.40 bits per heavy atom. The monoisotopic (exact) mass is 430 g/mol. The first kappa shape index (κ1) is 22.2. The SMILES string of the molecule is CCOC(=O)c1sc(C(C)NC(=NC)NCC2CCOC2c2ccccc2)nc1C. The van der Waals surface area contributed by atoms with E-state index in [0.717, 1.165) is 24.6 Å². The van der Waals surface area contributed by atoms with Gasteiger partial charge in [0, 0.05) is 26.1 Å². The van der Waals surface area contributed by atoms with Crippen molar-refractivity contribution in [3.63, 3.8) is 0 Å². The van der Waals surface area contributed by atoms with Crippen molar-refractivity contribution in [3.05, 3.63) is 51.5 Å². The second-order valence-corrected chi connectivity index (χ2v) is 8.29. The third-order valence-electron chi connectivity index (χ3n) is 5.10. The first-order valence-corrected chi connectivity index (χ1v) is 11.1. The Hall–Kier alpha value is -2.45. The standard InChI is InChI=1S/C22H30N4O3S/c1-5-28-21(27)19-14(2)25-20(30-19)15(3)26-22(23-4)24-13-17-11-12-29-18(17)16-9-7-6-8-10-16/h6-10,15,17-18H,5,11-13H2,1-4H3,(H2,23,24,26). The summed E-state index contributed by atoms with van der Waals surface area (Å²) < 4.78 is 11.1. The van der Waals surface area contributed by atoms with E-state index in [1.54, 1.807) is 14.0 Å². The predicted molar refractivity (Wildman–Crippen MR) is 119 cm³/mol. The van der Waals surface area contributed by atoms with Crippen LogP contribution in [0.5, 0.6) is 0 Å². The van der Waals surface area contributed by atoms with Crippen molar-refractivity contribution >= 4 is 23.3 Å². The van der Waals surface area contributed by atoms with E-state index in [-0.39, 0.29) is 18.1 Å². The van der Waals surface area contributed by atoms with E-state index in [1.165, 1.54) is 16.9 Å². The molecule has 0 spiro atoms. The fourth-order valence-corrected chi connectivity index (χ4v) is 4.49.